The van der Waals surface area contributed by atoms with Crippen molar-refractivity contribution in [2.75, 3.05) is 26.2 Å². The summed E-state index contributed by atoms with van der Waals surface area (Å²) < 4.78 is 8.77. The van der Waals surface area contributed by atoms with Gasteiger partial charge < -0.3 is 14.6 Å². The van der Waals surface area contributed by atoms with Gasteiger partial charge in [-0.2, -0.15) is 0 Å². The number of rotatable bonds is 4. The molecule has 0 aliphatic carbocycles. The van der Waals surface area contributed by atoms with E-state index in [9.17, 15) is 9.59 Å². The maximum Gasteiger partial charge on any atom is 0.378 e. The number of nitrogens with zero attached hydrogens (tertiary/aromatic N) is 3. The first-order valence-corrected chi connectivity index (χ1v) is 8.91. The van der Waals surface area contributed by atoms with Crippen LogP contribution >= 0.6 is 0 Å². The lowest BCUT2D eigenvalue weighted by atomic mass is 10.2. The number of carbonyl (C=O) groups excluding carboxylic acids is 2. The SMILES string of the molecule is C.[B]OC(=O)C(C)N1CCNCCN(C(C)C(=O)O[B])Cc2cccc(n2)C1. The standard InChI is InChI=1S/C17H24B2N4O4.CH4/c1-12(16(24)26-18)22-8-6-20-7-9-23(13(2)17(25)27-19)11-15-5-3-4-14(10-22)21-15;/h3-5,12-13,20H,6-11H2,1-2H3;1H4. The lowest BCUT2D eigenvalue weighted by Gasteiger charge is -2.30. The van der Waals surface area contributed by atoms with Gasteiger partial charge in [-0.1, -0.05) is 13.5 Å². The molecule has 1 aliphatic rings. The highest BCUT2D eigenvalue weighted by molar-refractivity contribution is 6.06. The molecule has 0 saturated heterocycles. The maximum absolute atomic E-state index is 11.8. The number of hydrogen-bond acceptors (Lipinski definition) is 8. The van der Waals surface area contributed by atoms with Crippen molar-refractivity contribution in [1.29, 1.82) is 0 Å². The van der Waals surface area contributed by atoms with Crippen LogP contribution in [0, 0.1) is 0 Å². The molecule has 1 aromatic heterocycles. The van der Waals surface area contributed by atoms with Crippen molar-refractivity contribution in [3.63, 3.8) is 0 Å². The van der Waals surface area contributed by atoms with E-state index in [1.54, 1.807) is 13.8 Å². The first-order valence-electron chi connectivity index (χ1n) is 8.91. The Balaban J connectivity index is 0.00000392. The van der Waals surface area contributed by atoms with Gasteiger partial charge in [0.05, 0.1) is 11.4 Å². The van der Waals surface area contributed by atoms with Crippen molar-refractivity contribution in [2.45, 2.75) is 46.4 Å². The first kappa shape index (κ1) is 24.1. The van der Waals surface area contributed by atoms with E-state index >= 15 is 0 Å². The fourth-order valence-corrected chi connectivity index (χ4v) is 3.01. The summed E-state index contributed by atoms with van der Waals surface area (Å²) >= 11 is 0. The Labute approximate surface area is 169 Å². The smallest absolute Gasteiger partial charge is 0.378 e. The molecule has 1 aliphatic heterocycles. The molecule has 0 spiro atoms. The topological polar surface area (TPSA) is 84.0 Å². The van der Waals surface area contributed by atoms with Crippen LogP contribution in [-0.4, -0.2) is 81.1 Å². The molecule has 0 fully saturated rings. The Bertz CT molecular complexity index is 601. The van der Waals surface area contributed by atoms with Gasteiger partial charge in [0.2, 0.25) is 0 Å². The third-order valence-corrected chi connectivity index (χ3v) is 4.76. The molecule has 8 nitrogen and oxygen atoms in total. The molecule has 2 bridgehead atoms. The van der Waals surface area contributed by atoms with Gasteiger partial charge in [-0.3, -0.25) is 24.4 Å². The molecular weight excluding hydrogens is 358 g/mol. The fourth-order valence-electron chi connectivity index (χ4n) is 3.01. The van der Waals surface area contributed by atoms with Crippen LogP contribution in [0.5, 0.6) is 0 Å². The van der Waals surface area contributed by atoms with Crippen LogP contribution in [0.3, 0.4) is 0 Å². The van der Waals surface area contributed by atoms with Crippen LogP contribution in [0.1, 0.15) is 32.7 Å². The van der Waals surface area contributed by atoms with E-state index in [2.05, 4.69) is 19.6 Å². The number of hydrogen-bond donors (Lipinski definition) is 1. The highest BCUT2D eigenvalue weighted by Gasteiger charge is 2.24. The van der Waals surface area contributed by atoms with Gasteiger partial charge in [-0.05, 0) is 26.0 Å². The molecule has 150 valence electrons. The minimum absolute atomic E-state index is 0. The van der Waals surface area contributed by atoms with Crippen molar-refractivity contribution < 1.29 is 18.9 Å². The zero-order valence-corrected chi connectivity index (χ0v) is 15.8. The fraction of sp³-hybridized carbons (Fsp3) is 0.611. The Kier molecular flexibility index (Phi) is 10.2. The summed E-state index contributed by atoms with van der Waals surface area (Å²) in [5.74, 6) is -0.975. The van der Waals surface area contributed by atoms with Crippen LogP contribution in [0.25, 0.3) is 0 Å². The Hall–Kier alpha value is -1.90. The summed E-state index contributed by atoms with van der Waals surface area (Å²) in [6, 6.07) is 4.74. The second-order valence-corrected chi connectivity index (χ2v) is 6.54. The number of carbonyl (C=O) groups is 2. The van der Waals surface area contributed by atoms with Crippen LogP contribution in [0.15, 0.2) is 18.2 Å². The molecule has 10 heteroatoms. The largest absolute Gasteiger partial charge is 0.542 e. The van der Waals surface area contributed by atoms with E-state index in [1.165, 1.54) is 0 Å². The third-order valence-electron chi connectivity index (χ3n) is 4.76. The van der Waals surface area contributed by atoms with Gasteiger partial charge in [0, 0.05) is 39.3 Å². The summed E-state index contributed by atoms with van der Waals surface area (Å²) in [6.07, 6.45) is 0. The van der Waals surface area contributed by atoms with Gasteiger partial charge in [0.1, 0.15) is 12.1 Å². The van der Waals surface area contributed by atoms with Gasteiger partial charge in [0.25, 0.3) is 0 Å². The minimum Gasteiger partial charge on any atom is -0.542 e. The molecule has 1 N–H and O–H groups in total. The van der Waals surface area contributed by atoms with Crippen molar-refractivity contribution in [1.82, 2.24) is 20.1 Å². The normalized spacial score (nSPS) is 18.5. The van der Waals surface area contributed by atoms with Crippen molar-refractivity contribution >= 4 is 28.0 Å². The second-order valence-electron chi connectivity index (χ2n) is 6.54. The van der Waals surface area contributed by atoms with Crippen LogP contribution in [-0.2, 0) is 32.0 Å². The van der Waals surface area contributed by atoms with Crippen molar-refractivity contribution in [2.24, 2.45) is 0 Å². The summed E-state index contributed by atoms with van der Waals surface area (Å²) in [5.41, 5.74) is 1.64. The third kappa shape index (κ3) is 6.61. The first-order chi connectivity index (χ1) is 13.0. The van der Waals surface area contributed by atoms with Crippen LogP contribution in [0.4, 0.5) is 0 Å². The summed E-state index contributed by atoms with van der Waals surface area (Å²) in [7, 11) is 10.1. The molecule has 28 heavy (non-hydrogen) atoms. The number of pyridine rings is 1. The van der Waals surface area contributed by atoms with Crippen molar-refractivity contribution in [3.05, 3.63) is 29.6 Å². The lowest BCUT2D eigenvalue weighted by molar-refractivity contribution is -0.140. The highest BCUT2D eigenvalue weighted by atomic mass is 16.5. The summed E-state index contributed by atoms with van der Waals surface area (Å²) in [4.78, 5) is 32.3. The van der Waals surface area contributed by atoms with Gasteiger partial charge in [-0.25, -0.2) is 0 Å². The van der Waals surface area contributed by atoms with Gasteiger partial charge in [0.15, 0.2) is 0 Å². The average molecular weight is 386 g/mol. The summed E-state index contributed by atoms with van der Waals surface area (Å²) in [6.45, 7) is 7.01. The monoisotopic (exact) mass is 386 g/mol. The Morgan fingerprint density at radius 1 is 1.00 bits per heavy atom. The molecule has 0 amide bonds. The van der Waals surface area contributed by atoms with E-state index in [0.717, 1.165) is 11.4 Å². The average Bonchev–Trinajstić information content (AvgIpc) is 2.68. The van der Waals surface area contributed by atoms with Gasteiger partial charge >= 0.3 is 28.0 Å². The van der Waals surface area contributed by atoms with E-state index in [1.807, 2.05) is 28.0 Å². The quantitative estimate of drug-likeness (QED) is 0.722. The molecule has 2 unspecified atom stereocenters. The van der Waals surface area contributed by atoms with E-state index < -0.39 is 24.0 Å². The van der Waals surface area contributed by atoms with Crippen LogP contribution in [0.2, 0.25) is 0 Å². The molecular formula is C18H28B2N4O4. The highest BCUT2D eigenvalue weighted by Crippen LogP contribution is 2.12. The minimum atomic E-state index is -0.487. The maximum atomic E-state index is 11.8. The number of nitrogens with one attached hydrogen (secondary N) is 1. The molecule has 0 aromatic carbocycles. The summed E-state index contributed by atoms with van der Waals surface area (Å²) in [5, 5.41) is 3.33. The lowest BCUT2D eigenvalue weighted by Crippen LogP contribution is -2.46. The van der Waals surface area contributed by atoms with E-state index in [0.29, 0.717) is 39.3 Å². The van der Waals surface area contributed by atoms with E-state index in [4.69, 9.17) is 16.1 Å². The van der Waals surface area contributed by atoms with Crippen LogP contribution < -0.4 is 5.32 Å². The molecule has 1 aromatic rings. The predicted octanol–water partition coefficient (Wildman–Crippen LogP) is -0.0447. The number of aromatic nitrogens is 1. The molecule has 2 rings (SSSR count). The Morgan fingerprint density at radius 3 is 1.82 bits per heavy atom. The molecule has 2 heterocycles. The zero-order valence-electron chi connectivity index (χ0n) is 15.8. The van der Waals surface area contributed by atoms with E-state index in [-0.39, 0.29) is 7.43 Å². The van der Waals surface area contributed by atoms with Crippen molar-refractivity contribution in [3.8, 4) is 0 Å². The number of fused-ring (bicyclic) bond motifs is 2. The Morgan fingerprint density at radius 2 is 1.43 bits per heavy atom. The van der Waals surface area contributed by atoms with Gasteiger partial charge in [-0.15, -0.1) is 0 Å². The molecule has 0 saturated carbocycles. The predicted molar refractivity (Wildman–Crippen MR) is 107 cm³/mol. The second kappa shape index (κ2) is 11.8. The molecule has 2 atom stereocenters. The zero-order chi connectivity index (χ0) is 19.8. The molecule has 4 radical (unpaired) electrons.